The second-order valence-electron chi connectivity index (χ2n) is 19.1. The first-order chi connectivity index (χ1) is 31.0. The van der Waals surface area contributed by atoms with Crippen molar-refractivity contribution in [2.24, 2.45) is 0 Å². The van der Waals surface area contributed by atoms with E-state index in [2.05, 4.69) is 206 Å². The van der Waals surface area contributed by atoms with E-state index in [1.807, 2.05) is 24.4 Å². The molecule has 7 nitrogen and oxygen atoms in total. The van der Waals surface area contributed by atoms with Crippen molar-refractivity contribution in [1.29, 1.82) is 0 Å². The number of hydrogen-bond acceptors (Lipinski definition) is 3. The van der Waals surface area contributed by atoms with E-state index in [9.17, 15) is 0 Å². The third kappa shape index (κ3) is 6.46. The number of ether oxygens (including phenoxy) is 1. The van der Waals surface area contributed by atoms with E-state index in [0.29, 0.717) is 11.5 Å². The fourth-order valence-electron chi connectivity index (χ4n) is 10.0. The van der Waals surface area contributed by atoms with Crippen LogP contribution in [0, 0.1) is 18.5 Å². The number of pyridine rings is 1. The molecule has 0 radical (unpaired) electrons. The minimum atomic E-state index is -0.0923. The van der Waals surface area contributed by atoms with Gasteiger partial charge in [0.25, 0.3) is 6.33 Å². The number of aromatic nitrogens is 6. The summed E-state index contributed by atoms with van der Waals surface area (Å²) in [5, 5.41) is 2.16. The van der Waals surface area contributed by atoms with Gasteiger partial charge in [0, 0.05) is 61.5 Å². The number of hydrogen-bond donors (Lipinski definition) is 0. The second-order valence-corrected chi connectivity index (χ2v) is 19.1. The van der Waals surface area contributed by atoms with Crippen molar-refractivity contribution in [3.63, 3.8) is 0 Å². The van der Waals surface area contributed by atoms with Crippen molar-refractivity contribution in [2.45, 2.75) is 64.7 Å². The molecule has 0 saturated carbocycles. The average Bonchev–Trinajstić information content (AvgIpc) is 3.99. The van der Waals surface area contributed by atoms with Gasteiger partial charge >= 0.3 is 0 Å². The first kappa shape index (κ1) is 40.9. The van der Waals surface area contributed by atoms with Crippen LogP contribution < -0.4 is 9.30 Å². The Morgan fingerprint density at radius 1 is 0.677 bits per heavy atom. The summed E-state index contributed by atoms with van der Waals surface area (Å²) in [7, 11) is 0. The number of nitrogens with zero attached hydrogens (tertiary/aromatic N) is 6. The van der Waals surface area contributed by atoms with E-state index >= 15 is 0 Å². The number of allylic oxidation sites excluding steroid dienone is 4. The Morgan fingerprint density at radius 3 is 2.22 bits per heavy atom. The van der Waals surface area contributed by atoms with Crippen LogP contribution in [-0.4, -0.2) is 23.7 Å². The van der Waals surface area contributed by atoms with Gasteiger partial charge in [-0.1, -0.05) is 144 Å². The molecular formula is C57H46N6OPt-2. The Labute approximate surface area is 393 Å². The molecule has 1 atom stereocenters. The summed E-state index contributed by atoms with van der Waals surface area (Å²) in [6.07, 6.45) is 13.3. The van der Waals surface area contributed by atoms with Crippen molar-refractivity contribution < 1.29 is 30.4 Å². The van der Waals surface area contributed by atoms with Crippen LogP contribution in [0.5, 0.6) is 11.5 Å². The molecule has 1 aliphatic carbocycles. The molecule has 0 fully saturated rings. The molecular weight excluding hydrogens is 980 g/mol. The van der Waals surface area contributed by atoms with Gasteiger partial charge in [-0.25, -0.2) is 9.97 Å². The maximum atomic E-state index is 6.71. The quantitative estimate of drug-likeness (QED) is 0.127. The van der Waals surface area contributed by atoms with E-state index in [4.69, 9.17) is 14.7 Å². The van der Waals surface area contributed by atoms with Gasteiger partial charge in [0.1, 0.15) is 11.3 Å². The molecule has 5 heterocycles. The van der Waals surface area contributed by atoms with Crippen LogP contribution >= 0.6 is 0 Å². The van der Waals surface area contributed by atoms with Crippen LogP contribution in [0.3, 0.4) is 0 Å². The third-order valence-electron chi connectivity index (χ3n) is 12.9. The predicted octanol–water partition coefficient (Wildman–Crippen LogP) is 13.1. The number of para-hydroxylation sites is 4. The SMILES string of the molecule is CC(C)(C)c1cccc(C(C)(C)C)c1-[n+]1[c-]n(-c2[c-]c(Oc3[c-]c4c(cc3)c3ccccc3n4-c3nccc4c3nc3n4C4=CC=CCC4c4ccccc4-3)ccc2)c2ccccc21.[Pt]. The summed E-state index contributed by atoms with van der Waals surface area (Å²) in [4.78, 5) is 10.5. The number of rotatable bonds is 5. The van der Waals surface area contributed by atoms with E-state index in [-0.39, 0.29) is 37.8 Å². The molecule has 322 valence electrons. The molecule has 1 aliphatic heterocycles. The topological polar surface area (TPSA) is 53.7 Å². The van der Waals surface area contributed by atoms with Crippen LogP contribution in [0.25, 0.3) is 78.2 Å². The first-order valence-electron chi connectivity index (χ1n) is 22.1. The van der Waals surface area contributed by atoms with Crippen LogP contribution in [0.15, 0.2) is 152 Å². The predicted molar refractivity (Wildman–Crippen MR) is 257 cm³/mol. The van der Waals surface area contributed by atoms with Crippen LogP contribution in [0.2, 0.25) is 0 Å². The summed E-state index contributed by atoms with van der Waals surface area (Å²) >= 11 is 0. The number of fused-ring (bicyclic) bond motifs is 12. The van der Waals surface area contributed by atoms with Crippen molar-refractivity contribution in [2.75, 3.05) is 0 Å². The minimum Gasteiger partial charge on any atom is -0.510 e. The molecule has 1 unspecified atom stereocenters. The zero-order valence-electron chi connectivity index (χ0n) is 37.1. The Morgan fingerprint density at radius 2 is 1.40 bits per heavy atom. The largest absolute Gasteiger partial charge is 0.510 e. The molecule has 65 heavy (non-hydrogen) atoms. The van der Waals surface area contributed by atoms with E-state index in [1.165, 1.54) is 28.1 Å². The van der Waals surface area contributed by atoms with Gasteiger partial charge in [-0.3, -0.25) is 9.13 Å². The molecule has 12 rings (SSSR count). The molecule has 0 saturated heterocycles. The maximum absolute atomic E-state index is 6.71. The van der Waals surface area contributed by atoms with E-state index in [1.54, 1.807) is 0 Å². The average molecular weight is 1030 g/mol. The van der Waals surface area contributed by atoms with Gasteiger partial charge in [-0.15, -0.1) is 29.7 Å². The van der Waals surface area contributed by atoms with Gasteiger partial charge in [-0.2, -0.15) is 18.2 Å². The standard InChI is InChI=1S/C57H46N6O.Pt/c1-56(2,3)44-23-16-24-45(57(4,5)6)53(44)61-35-60(48-27-13-14-28-49(48)61)36-17-15-18-37(33-36)64-38-29-30-42-41-21-10-12-26-47(41)63(51(42)34-38)55-52-50(31-32-58-55)62-46-25-11-9-20-40(46)39-19-7-8-22-43(39)54(62)59-52;/h7-19,21-32,40H,20H2,1-6H3;/q-2;. The summed E-state index contributed by atoms with van der Waals surface area (Å²) in [6.45, 7) is 13.7. The van der Waals surface area contributed by atoms with Gasteiger partial charge < -0.3 is 13.9 Å². The maximum Gasteiger partial charge on any atom is 0.268 e. The summed E-state index contributed by atoms with van der Waals surface area (Å²) in [5.41, 5.74) is 13.9. The van der Waals surface area contributed by atoms with Crippen molar-refractivity contribution >= 4 is 49.6 Å². The Bertz CT molecular complexity index is 3570. The monoisotopic (exact) mass is 1030 g/mol. The second kappa shape index (κ2) is 15.1. The van der Waals surface area contributed by atoms with Crippen molar-refractivity contribution in [1.82, 2.24) is 23.7 Å². The Balaban J connectivity index is 0.00000469. The van der Waals surface area contributed by atoms with Crippen molar-refractivity contribution in [3.8, 4) is 40.1 Å². The van der Waals surface area contributed by atoms with E-state index in [0.717, 1.165) is 73.2 Å². The van der Waals surface area contributed by atoms with Gasteiger partial charge in [0.2, 0.25) is 0 Å². The zero-order valence-corrected chi connectivity index (χ0v) is 39.4. The van der Waals surface area contributed by atoms with Crippen LogP contribution in [0.4, 0.5) is 0 Å². The fraction of sp³-hybridized carbons (Fsp3) is 0.175. The van der Waals surface area contributed by atoms with Gasteiger partial charge in [-0.05, 0) is 63.2 Å². The molecule has 2 aliphatic rings. The van der Waals surface area contributed by atoms with Crippen LogP contribution in [0.1, 0.15) is 70.6 Å². The van der Waals surface area contributed by atoms with Crippen LogP contribution in [-0.2, 0) is 31.9 Å². The molecule has 0 amide bonds. The van der Waals surface area contributed by atoms with E-state index < -0.39 is 0 Å². The fourth-order valence-corrected chi connectivity index (χ4v) is 10.0. The van der Waals surface area contributed by atoms with Gasteiger partial charge in [0.15, 0.2) is 5.82 Å². The number of benzene rings is 6. The Hall–Kier alpha value is -6.82. The molecule has 0 spiro atoms. The molecule has 0 bridgehead atoms. The smallest absolute Gasteiger partial charge is 0.268 e. The zero-order chi connectivity index (χ0) is 43.5. The molecule has 4 aromatic heterocycles. The number of imidazole rings is 2. The first-order valence-corrected chi connectivity index (χ1v) is 22.1. The van der Waals surface area contributed by atoms with Gasteiger partial charge in [0.05, 0.1) is 22.2 Å². The molecule has 6 aromatic carbocycles. The molecule has 10 aromatic rings. The summed E-state index contributed by atoms with van der Waals surface area (Å²) in [6, 6.07) is 51.8. The third-order valence-corrected chi connectivity index (χ3v) is 12.9. The normalized spacial score (nSPS) is 14.6. The molecule has 8 heteroatoms. The molecule has 0 N–H and O–H groups in total. The van der Waals surface area contributed by atoms with Crippen molar-refractivity contribution in [3.05, 3.63) is 187 Å². The summed E-state index contributed by atoms with van der Waals surface area (Å²) < 4.78 is 15.6. The Kier molecular flexibility index (Phi) is 9.53. The minimum absolute atomic E-state index is 0. The summed E-state index contributed by atoms with van der Waals surface area (Å²) in [5.74, 6) is 3.10.